The van der Waals surface area contributed by atoms with Crippen LogP contribution in [-0.2, 0) is 0 Å². The summed E-state index contributed by atoms with van der Waals surface area (Å²) in [4.78, 5) is 4.42. The standard InChI is InChI=1S/C48H38N4O2/c49-37-15-23-41(24-16-37)51(43-27-31-47(32-28-43)53-45-7-3-1-4-8-45)39-19-11-35(12-20-39)36-13-21-40(22-14-36)52(42-25-17-38(50)18-26-42)44-29-33-48(34-30-44)54-46-9-5-2-6-10-46/h1-34H,49-50H2. The van der Waals surface area contributed by atoms with Gasteiger partial charge in [0.1, 0.15) is 23.0 Å². The summed E-state index contributed by atoms with van der Waals surface area (Å²) in [5.74, 6) is 3.13. The van der Waals surface area contributed by atoms with Gasteiger partial charge in [-0.25, -0.2) is 0 Å². The van der Waals surface area contributed by atoms with Crippen LogP contribution in [-0.4, -0.2) is 0 Å². The number of hydrogen-bond acceptors (Lipinski definition) is 6. The zero-order valence-electron chi connectivity index (χ0n) is 29.5. The number of hydrogen-bond donors (Lipinski definition) is 2. The Morgan fingerprint density at radius 2 is 0.500 bits per heavy atom. The molecule has 8 rings (SSSR count). The molecule has 0 aliphatic heterocycles. The topological polar surface area (TPSA) is 77.0 Å². The molecule has 0 unspecified atom stereocenters. The normalized spacial score (nSPS) is 10.7. The van der Waals surface area contributed by atoms with Crippen molar-refractivity contribution >= 4 is 45.5 Å². The molecule has 0 spiro atoms. The molecule has 8 aromatic carbocycles. The molecule has 0 bridgehead atoms. The third-order valence-corrected chi connectivity index (χ3v) is 9.03. The third-order valence-electron chi connectivity index (χ3n) is 9.03. The maximum Gasteiger partial charge on any atom is 0.127 e. The van der Waals surface area contributed by atoms with Gasteiger partial charge in [-0.15, -0.1) is 0 Å². The van der Waals surface area contributed by atoms with Crippen molar-refractivity contribution in [3.8, 4) is 34.1 Å². The molecule has 0 saturated carbocycles. The number of para-hydroxylation sites is 2. The first-order chi connectivity index (χ1) is 26.6. The molecule has 6 nitrogen and oxygen atoms in total. The van der Waals surface area contributed by atoms with Crippen LogP contribution in [0.5, 0.6) is 23.0 Å². The van der Waals surface area contributed by atoms with Gasteiger partial charge in [-0.3, -0.25) is 0 Å². The van der Waals surface area contributed by atoms with Crippen LogP contribution in [0, 0.1) is 0 Å². The smallest absolute Gasteiger partial charge is 0.127 e. The van der Waals surface area contributed by atoms with Crippen LogP contribution in [0.15, 0.2) is 206 Å². The molecule has 0 atom stereocenters. The molecule has 6 heteroatoms. The summed E-state index contributed by atoms with van der Waals surface area (Å²) < 4.78 is 12.1. The van der Waals surface area contributed by atoms with Gasteiger partial charge in [-0.05, 0) is 157 Å². The average molecular weight is 703 g/mol. The fourth-order valence-electron chi connectivity index (χ4n) is 6.32. The van der Waals surface area contributed by atoms with E-state index >= 15 is 0 Å². The molecule has 8 aromatic rings. The fourth-order valence-corrected chi connectivity index (χ4v) is 6.32. The van der Waals surface area contributed by atoms with Crippen LogP contribution >= 0.6 is 0 Å². The number of rotatable bonds is 11. The molecule has 0 heterocycles. The molecule has 0 aliphatic carbocycles. The van der Waals surface area contributed by atoms with Gasteiger partial charge in [-0.1, -0.05) is 60.7 Å². The minimum atomic E-state index is 0.716. The second-order valence-corrected chi connectivity index (χ2v) is 12.8. The summed E-state index contributed by atoms with van der Waals surface area (Å²) in [6.07, 6.45) is 0. The highest BCUT2D eigenvalue weighted by atomic mass is 16.5. The lowest BCUT2D eigenvalue weighted by molar-refractivity contribution is 0.482. The van der Waals surface area contributed by atoms with E-state index in [0.717, 1.165) is 68.2 Å². The van der Waals surface area contributed by atoms with Crippen molar-refractivity contribution in [2.75, 3.05) is 21.3 Å². The Kier molecular flexibility index (Phi) is 9.63. The van der Waals surface area contributed by atoms with Crippen molar-refractivity contribution in [2.24, 2.45) is 0 Å². The Bertz CT molecular complexity index is 2220. The maximum atomic E-state index is 6.07. The predicted molar refractivity (Wildman–Crippen MR) is 223 cm³/mol. The highest BCUT2D eigenvalue weighted by Gasteiger charge is 2.15. The van der Waals surface area contributed by atoms with Crippen molar-refractivity contribution in [3.05, 3.63) is 206 Å². The predicted octanol–water partition coefficient (Wildman–Crippen LogP) is 13.0. The molecule has 0 saturated heterocycles. The van der Waals surface area contributed by atoms with Gasteiger partial charge in [0.05, 0.1) is 0 Å². The van der Waals surface area contributed by atoms with Crippen LogP contribution in [0.2, 0.25) is 0 Å². The van der Waals surface area contributed by atoms with Crippen LogP contribution in [0.4, 0.5) is 45.5 Å². The minimum Gasteiger partial charge on any atom is -0.457 e. The van der Waals surface area contributed by atoms with Gasteiger partial charge in [0.15, 0.2) is 0 Å². The highest BCUT2D eigenvalue weighted by Crippen LogP contribution is 2.39. The summed E-state index contributed by atoms with van der Waals surface area (Å²) in [5, 5.41) is 0. The molecular weight excluding hydrogens is 665 g/mol. The maximum absolute atomic E-state index is 6.07. The van der Waals surface area contributed by atoms with Crippen molar-refractivity contribution in [3.63, 3.8) is 0 Å². The molecule has 0 radical (unpaired) electrons. The summed E-state index contributed by atoms with van der Waals surface area (Å²) in [6, 6.07) is 68.9. The first-order valence-corrected chi connectivity index (χ1v) is 17.7. The number of ether oxygens (including phenoxy) is 2. The summed E-state index contributed by atoms with van der Waals surface area (Å²) >= 11 is 0. The minimum absolute atomic E-state index is 0.716. The number of anilines is 8. The van der Waals surface area contributed by atoms with Crippen molar-refractivity contribution < 1.29 is 9.47 Å². The van der Waals surface area contributed by atoms with E-state index in [-0.39, 0.29) is 0 Å². The van der Waals surface area contributed by atoms with E-state index in [0.29, 0.717) is 11.4 Å². The SMILES string of the molecule is Nc1ccc(N(c2ccc(Oc3ccccc3)cc2)c2ccc(-c3ccc(N(c4ccc(N)cc4)c4ccc(Oc5ccccc5)cc4)cc3)cc2)cc1. The number of nitrogens with two attached hydrogens (primary N) is 2. The van der Waals surface area contributed by atoms with Gasteiger partial charge in [0.2, 0.25) is 0 Å². The lowest BCUT2D eigenvalue weighted by atomic mass is 10.0. The van der Waals surface area contributed by atoms with Crippen LogP contribution < -0.4 is 30.7 Å². The number of benzene rings is 8. The zero-order valence-corrected chi connectivity index (χ0v) is 29.5. The molecule has 0 aromatic heterocycles. The summed E-state index contributed by atoms with van der Waals surface area (Å²) in [7, 11) is 0. The van der Waals surface area contributed by atoms with Crippen molar-refractivity contribution in [1.29, 1.82) is 0 Å². The Labute approximate surface area is 315 Å². The molecule has 54 heavy (non-hydrogen) atoms. The molecule has 0 amide bonds. The summed E-state index contributed by atoms with van der Waals surface area (Å²) in [6.45, 7) is 0. The molecule has 0 aliphatic rings. The van der Waals surface area contributed by atoms with Gasteiger partial charge < -0.3 is 30.7 Å². The second kappa shape index (κ2) is 15.4. The molecule has 262 valence electrons. The Balaban J connectivity index is 1.05. The van der Waals surface area contributed by atoms with Gasteiger partial charge in [-0.2, -0.15) is 0 Å². The van der Waals surface area contributed by atoms with Crippen molar-refractivity contribution in [2.45, 2.75) is 0 Å². The lowest BCUT2D eigenvalue weighted by Crippen LogP contribution is -2.10. The van der Waals surface area contributed by atoms with E-state index < -0.39 is 0 Å². The number of nitrogens with zero attached hydrogens (tertiary/aromatic N) is 2. The monoisotopic (exact) mass is 702 g/mol. The Morgan fingerprint density at radius 1 is 0.259 bits per heavy atom. The van der Waals surface area contributed by atoms with Crippen LogP contribution in [0.1, 0.15) is 0 Å². The molecule has 0 fully saturated rings. The Morgan fingerprint density at radius 3 is 0.796 bits per heavy atom. The van der Waals surface area contributed by atoms with E-state index in [9.17, 15) is 0 Å². The first-order valence-electron chi connectivity index (χ1n) is 17.7. The molecule has 4 N–H and O–H groups in total. The zero-order chi connectivity index (χ0) is 36.7. The number of nitrogen functional groups attached to an aromatic ring is 2. The van der Waals surface area contributed by atoms with E-state index in [1.54, 1.807) is 0 Å². The highest BCUT2D eigenvalue weighted by molar-refractivity contribution is 5.81. The Hall–Kier alpha value is -7.44. The fraction of sp³-hybridized carbons (Fsp3) is 0. The van der Waals surface area contributed by atoms with E-state index in [2.05, 4.69) is 82.6 Å². The largest absolute Gasteiger partial charge is 0.457 e. The second-order valence-electron chi connectivity index (χ2n) is 12.8. The quantitative estimate of drug-likeness (QED) is 0.131. The third kappa shape index (κ3) is 7.73. The van der Waals surface area contributed by atoms with Crippen LogP contribution in [0.3, 0.4) is 0 Å². The van der Waals surface area contributed by atoms with E-state index in [1.807, 2.05) is 133 Å². The molecular formula is C48H38N4O2. The van der Waals surface area contributed by atoms with E-state index in [4.69, 9.17) is 20.9 Å². The average Bonchev–Trinajstić information content (AvgIpc) is 3.22. The van der Waals surface area contributed by atoms with Gasteiger partial charge in [0.25, 0.3) is 0 Å². The van der Waals surface area contributed by atoms with Gasteiger partial charge >= 0.3 is 0 Å². The van der Waals surface area contributed by atoms with Gasteiger partial charge in [0, 0.05) is 45.5 Å². The first kappa shape index (κ1) is 33.7. The van der Waals surface area contributed by atoms with E-state index in [1.165, 1.54) is 0 Å². The van der Waals surface area contributed by atoms with Crippen LogP contribution in [0.25, 0.3) is 11.1 Å². The lowest BCUT2D eigenvalue weighted by Gasteiger charge is -2.26. The van der Waals surface area contributed by atoms with Crippen molar-refractivity contribution in [1.82, 2.24) is 0 Å². The summed E-state index contributed by atoms with van der Waals surface area (Å²) in [5.41, 5.74) is 21.8.